The first-order valence-electron chi connectivity index (χ1n) is 7.40. The topological polar surface area (TPSA) is 37.4 Å². The number of aryl methyl sites for hydroxylation is 1. The molecule has 2 aromatic rings. The standard InChI is InChI=1S/C18H18ClNO2S/c1-3-18-17(14-6-8-15(19)9-7-14)12-20(18)23(21,22)16-10-4-13(2)5-11-16/h3-11,17-18H,1,12H2,2H3/t17-,18-/m0/s1. The molecule has 0 radical (unpaired) electrons. The molecule has 23 heavy (non-hydrogen) atoms. The molecule has 0 saturated carbocycles. The monoisotopic (exact) mass is 347 g/mol. The number of sulfonamides is 1. The number of halogens is 1. The van der Waals surface area contributed by atoms with Gasteiger partial charge in [0.1, 0.15) is 0 Å². The van der Waals surface area contributed by atoms with Crippen molar-refractivity contribution in [3.05, 3.63) is 77.3 Å². The Morgan fingerprint density at radius 1 is 1.13 bits per heavy atom. The molecule has 1 aliphatic rings. The van der Waals surface area contributed by atoms with Gasteiger partial charge >= 0.3 is 0 Å². The molecule has 5 heteroatoms. The van der Waals surface area contributed by atoms with Crippen LogP contribution in [0, 0.1) is 6.92 Å². The average Bonchev–Trinajstić information content (AvgIpc) is 2.49. The maximum absolute atomic E-state index is 12.8. The quantitative estimate of drug-likeness (QED) is 0.784. The Labute approximate surface area is 142 Å². The number of hydrogen-bond donors (Lipinski definition) is 0. The number of nitrogens with zero attached hydrogens (tertiary/aromatic N) is 1. The summed E-state index contributed by atoms with van der Waals surface area (Å²) in [6.07, 6.45) is 1.70. The van der Waals surface area contributed by atoms with Gasteiger partial charge in [-0.15, -0.1) is 6.58 Å². The normalized spacial score (nSPS) is 21.7. The van der Waals surface area contributed by atoms with Gasteiger partial charge in [0.2, 0.25) is 10.0 Å². The van der Waals surface area contributed by atoms with Gasteiger partial charge in [0.25, 0.3) is 0 Å². The van der Waals surface area contributed by atoms with Crippen molar-refractivity contribution in [2.75, 3.05) is 6.54 Å². The molecule has 2 atom stereocenters. The largest absolute Gasteiger partial charge is 0.243 e. The fourth-order valence-electron chi connectivity index (χ4n) is 2.88. The lowest BCUT2D eigenvalue weighted by atomic mass is 9.85. The molecular formula is C18H18ClNO2S. The van der Waals surface area contributed by atoms with Gasteiger partial charge in [-0.25, -0.2) is 8.42 Å². The Balaban J connectivity index is 1.86. The molecule has 120 valence electrons. The van der Waals surface area contributed by atoms with Crippen LogP contribution in [0.15, 0.2) is 66.1 Å². The zero-order valence-corrected chi connectivity index (χ0v) is 14.4. The lowest BCUT2D eigenvalue weighted by Gasteiger charge is -2.45. The van der Waals surface area contributed by atoms with E-state index in [9.17, 15) is 8.42 Å². The second-order valence-corrected chi connectivity index (χ2v) is 8.10. The van der Waals surface area contributed by atoms with Crippen LogP contribution in [-0.2, 0) is 10.0 Å². The third-order valence-electron chi connectivity index (χ3n) is 4.29. The van der Waals surface area contributed by atoms with Crippen molar-refractivity contribution in [2.45, 2.75) is 23.8 Å². The first kappa shape index (κ1) is 16.2. The summed E-state index contributed by atoms with van der Waals surface area (Å²) in [5.74, 6) is 0.116. The highest BCUT2D eigenvalue weighted by molar-refractivity contribution is 7.89. The summed E-state index contributed by atoms with van der Waals surface area (Å²) in [4.78, 5) is 0.324. The highest BCUT2D eigenvalue weighted by Gasteiger charge is 2.45. The van der Waals surface area contributed by atoms with E-state index in [0.29, 0.717) is 16.5 Å². The lowest BCUT2D eigenvalue weighted by Crippen LogP contribution is -2.55. The van der Waals surface area contributed by atoms with Gasteiger partial charge in [0.15, 0.2) is 0 Å². The second-order valence-electron chi connectivity index (χ2n) is 5.77. The van der Waals surface area contributed by atoms with Crippen molar-refractivity contribution < 1.29 is 8.42 Å². The molecule has 1 aliphatic heterocycles. The van der Waals surface area contributed by atoms with Crippen LogP contribution in [0.25, 0.3) is 0 Å². The molecule has 0 spiro atoms. The molecule has 2 aromatic carbocycles. The summed E-state index contributed by atoms with van der Waals surface area (Å²) >= 11 is 5.92. The van der Waals surface area contributed by atoms with Gasteiger partial charge in [-0.1, -0.05) is 47.5 Å². The van der Waals surface area contributed by atoms with E-state index < -0.39 is 10.0 Å². The van der Waals surface area contributed by atoms with Crippen LogP contribution in [0.5, 0.6) is 0 Å². The summed E-state index contributed by atoms with van der Waals surface area (Å²) in [7, 11) is -3.49. The van der Waals surface area contributed by atoms with E-state index in [1.54, 1.807) is 18.2 Å². The van der Waals surface area contributed by atoms with Crippen LogP contribution in [0.3, 0.4) is 0 Å². The van der Waals surface area contributed by atoms with E-state index in [0.717, 1.165) is 11.1 Å². The Kier molecular flexibility index (Phi) is 4.32. The molecular weight excluding hydrogens is 330 g/mol. The highest BCUT2D eigenvalue weighted by Crippen LogP contribution is 2.39. The first-order valence-corrected chi connectivity index (χ1v) is 9.22. The van der Waals surface area contributed by atoms with Crippen LogP contribution >= 0.6 is 11.6 Å². The van der Waals surface area contributed by atoms with E-state index in [4.69, 9.17) is 11.6 Å². The summed E-state index contributed by atoms with van der Waals surface area (Å²) in [5.41, 5.74) is 2.11. The van der Waals surface area contributed by atoms with Crippen molar-refractivity contribution in [1.29, 1.82) is 0 Å². The third-order valence-corrected chi connectivity index (χ3v) is 6.42. The lowest BCUT2D eigenvalue weighted by molar-refractivity contribution is 0.200. The molecule has 0 N–H and O–H groups in total. The van der Waals surface area contributed by atoms with Gasteiger partial charge in [-0.05, 0) is 36.8 Å². The van der Waals surface area contributed by atoms with Crippen molar-refractivity contribution in [1.82, 2.24) is 4.31 Å². The van der Waals surface area contributed by atoms with E-state index in [1.165, 1.54) is 4.31 Å². The third kappa shape index (κ3) is 2.94. The fourth-order valence-corrected chi connectivity index (χ4v) is 4.67. The zero-order chi connectivity index (χ0) is 16.6. The van der Waals surface area contributed by atoms with E-state index in [-0.39, 0.29) is 12.0 Å². The van der Waals surface area contributed by atoms with E-state index in [2.05, 4.69) is 6.58 Å². The van der Waals surface area contributed by atoms with Crippen molar-refractivity contribution in [3.63, 3.8) is 0 Å². The first-order chi connectivity index (χ1) is 10.9. The van der Waals surface area contributed by atoms with Crippen molar-refractivity contribution in [2.24, 2.45) is 0 Å². The minimum absolute atomic E-state index is 0.116. The van der Waals surface area contributed by atoms with E-state index >= 15 is 0 Å². The summed E-state index contributed by atoms with van der Waals surface area (Å²) in [5, 5.41) is 0.673. The zero-order valence-electron chi connectivity index (χ0n) is 12.8. The predicted octanol–water partition coefficient (Wildman–Crippen LogP) is 3.99. The SMILES string of the molecule is C=C[C@H]1[C@H](c2ccc(Cl)cc2)CN1S(=O)(=O)c1ccc(C)cc1. The number of hydrogen-bond acceptors (Lipinski definition) is 2. The summed E-state index contributed by atoms with van der Waals surface area (Å²) < 4.78 is 27.1. The molecule has 0 unspecified atom stereocenters. The maximum Gasteiger partial charge on any atom is 0.243 e. The molecule has 0 amide bonds. The molecule has 1 saturated heterocycles. The van der Waals surface area contributed by atoms with Crippen molar-refractivity contribution in [3.8, 4) is 0 Å². The minimum atomic E-state index is -3.49. The molecule has 3 nitrogen and oxygen atoms in total. The average molecular weight is 348 g/mol. The predicted molar refractivity (Wildman–Crippen MR) is 93.2 cm³/mol. The summed E-state index contributed by atoms with van der Waals surface area (Å²) in [6.45, 7) is 6.20. The molecule has 0 aliphatic carbocycles. The Bertz CT molecular complexity index is 813. The highest BCUT2D eigenvalue weighted by atomic mass is 35.5. The fraction of sp³-hybridized carbons (Fsp3) is 0.222. The van der Waals surface area contributed by atoms with Crippen LogP contribution < -0.4 is 0 Å². The number of benzene rings is 2. The Morgan fingerprint density at radius 3 is 2.30 bits per heavy atom. The van der Waals surface area contributed by atoms with Crippen molar-refractivity contribution >= 4 is 21.6 Å². The van der Waals surface area contributed by atoms with Gasteiger partial charge in [0.05, 0.1) is 10.9 Å². The molecule has 3 rings (SSSR count). The molecule has 0 aromatic heterocycles. The number of rotatable bonds is 4. The van der Waals surface area contributed by atoms with Gasteiger partial charge in [-0.3, -0.25) is 0 Å². The van der Waals surface area contributed by atoms with E-state index in [1.807, 2.05) is 43.3 Å². The van der Waals surface area contributed by atoms with Crippen LogP contribution in [-0.4, -0.2) is 25.3 Å². The van der Waals surface area contributed by atoms with Gasteiger partial charge in [0, 0.05) is 17.5 Å². The van der Waals surface area contributed by atoms with Crippen LogP contribution in [0.4, 0.5) is 0 Å². The van der Waals surface area contributed by atoms with Gasteiger partial charge < -0.3 is 0 Å². The minimum Gasteiger partial charge on any atom is -0.207 e. The second kappa shape index (κ2) is 6.11. The Morgan fingerprint density at radius 2 is 1.74 bits per heavy atom. The smallest absolute Gasteiger partial charge is 0.207 e. The molecule has 1 fully saturated rings. The van der Waals surface area contributed by atoms with Crippen LogP contribution in [0.1, 0.15) is 17.0 Å². The van der Waals surface area contributed by atoms with Crippen LogP contribution in [0.2, 0.25) is 5.02 Å². The maximum atomic E-state index is 12.8. The summed E-state index contributed by atoms with van der Waals surface area (Å²) in [6, 6.07) is 14.2. The van der Waals surface area contributed by atoms with Gasteiger partial charge in [-0.2, -0.15) is 4.31 Å². The molecule has 1 heterocycles. The Hall–Kier alpha value is -1.62. The molecule has 0 bridgehead atoms.